The Kier molecular flexibility index (Phi) is 9.41. The molecule has 0 bridgehead atoms. The molecule has 0 atom stereocenters. The predicted molar refractivity (Wildman–Crippen MR) is 88.3 cm³/mol. The SMILES string of the molecule is C(CC=Nc1ccccc1)=Nc1ccccc1.Cl.Cl. The summed E-state index contributed by atoms with van der Waals surface area (Å²) in [6, 6.07) is 19.8. The van der Waals surface area contributed by atoms with E-state index in [0.29, 0.717) is 0 Å². The van der Waals surface area contributed by atoms with Crippen LogP contribution < -0.4 is 0 Å². The summed E-state index contributed by atoms with van der Waals surface area (Å²) in [5, 5.41) is 0. The molecule has 0 unspecified atom stereocenters. The molecule has 0 saturated carbocycles. The van der Waals surface area contributed by atoms with Crippen LogP contribution in [0, 0.1) is 0 Å². The van der Waals surface area contributed by atoms with Crippen molar-refractivity contribution in [2.75, 3.05) is 0 Å². The van der Waals surface area contributed by atoms with E-state index in [1.807, 2.05) is 73.1 Å². The Labute approximate surface area is 126 Å². The third-order valence-corrected chi connectivity index (χ3v) is 2.20. The van der Waals surface area contributed by atoms with Crippen molar-refractivity contribution in [2.45, 2.75) is 6.42 Å². The van der Waals surface area contributed by atoms with Gasteiger partial charge in [0.1, 0.15) is 0 Å². The van der Waals surface area contributed by atoms with E-state index >= 15 is 0 Å². The Bertz CT molecular complexity index is 449. The Hall–Kier alpha value is -1.64. The van der Waals surface area contributed by atoms with Gasteiger partial charge in [0.15, 0.2) is 0 Å². The summed E-state index contributed by atoms with van der Waals surface area (Å²) in [7, 11) is 0. The Morgan fingerprint density at radius 2 is 1.00 bits per heavy atom. The maximum absolute atomic E-state index is 4.32. The van der Waals surface area contributed by atoms with Gasteiger partial charge in [0, 0.05) is 18.9 Å². The molecule has 0 spiro atoms. The quantitative estimate of drug-likeness (QED) is 0.707. The van der Waals surface area contributed by atoms with Gasteiger partial charge in [0.2, 0.25) is 0 Å². The highest BCUT2D eigenvalue weighted by Gasteiger charge is 1.84. The van der Waals surface area contributed by atoms with Crippen LogP contribution in [0.25, 0.3) is 0 Å². The van der Waals surface area contributed by atoms with Crippen LogP contribution in [0.5, 0.6) is 0 Å². The third kappa shape index (κ3) is 6.75. The lowest BCUT2D eigenvalue weighted by Crippen LogP contribution is -1.76. The van der Waals surface area contributed by atoms with Crippen molar-refractivity contribution in [2.24, 2.45) is 9.98 Å². The highest BCUT2D eigenvalue weighted by atomic mass is 35.5. The van der Waals surface area contributed by atoms with E-state index in [0.717, 1.165) is 17.8 Å². The van der Waals surface area contributed by atoms with Crippen molar-refractivity contribution in [1.29, 1.82) is 0 Å². The normalized spacial score (nSPS) is 10.1. The van der Waals surface area contributed by atoms with E-state index in [2.05, 4.69) is 9.98 Å². The second-order valence-corrected chi connectivity index (χ2v) is 3.53. The van der Waals surface area contributed by atoms with Gasteiger partial charge >= 0.3 is 0 Å². The van der Waals surface area contributed by atoms with Gasteiger partial charge in [-0.25, -0.2) is 0 Å². The van der Waals surface area contributed by atoms with E-state index < -0.39 is 0 Å². The summed E-state index contributed by atoms with van der Waals surface area (Å²) in [5.41, 5.74) is 1.95. The molecule has 0 saturated heterocycles. The van der Waals surface area contributed by atoms with Gasteiger partial charge in [-0.1, -0.05) is 36.4 Å². The van der Waals surface area contributed by atoms with Gasteiger partial charge in [-0.05, 0) is 24.3 Å². The van der Waals surface area contributed by atoms with E-state index in [4.69, 9.17) is 0 Å². The largest absolute Gasteiger partial charge is 0.261 e. The fourth-order valence-electron chi connectivity index (χ4n) is 1.39. The highest BCUT2D eigenvalue weighted by Crippen LogP contribution is 2.09. The summed E-state index contributed by atoms with van der Waals surface area (Å²) in [6.45, 7) is 0. The van der Waals surface area contributed by atoms with Crippen LogP contribution in [0.2, 0.25) is 0 Å². The molecular weight excluding hydrogens is 279 g/mol. The second kappa shape index (κ2) is 10.3. The lowest BCUT2D eigenvalue weighted by atomic mass is 10.3. The Morgan fingerprint density at radius 1 is 0.632 bits per heavy atom. The van der Waals surface area contributed by atoms with Crippen LogP contribution >= 0.6 is 24.8 Å². The van der Waals surface area contributed by atoms with Crippen LogP contribution in [0.4, 0.5) is 11.4 Å². The zero-order chi connectivity index (χ0) is 11.8. The van der Waals surface area contributed by atoms with Gasteiger partial charge in [-0.3, -0.25) is 9.98 Å². The zero-order valence-electron chi connectivity index (χ0n) is 10.3. The van der Waals surface area contributed by atoms with Crippen molar-refractivity contribution in [3.05, 3.63) is 60.7 Å². The standard InChI is InChI=1S/C15H14N2.2ClH/c1-3-8-14(9-4-1)16-12-7-13-17-15-10-5-2-6-11-15;;/h1-6,8-13H,7H2;2*1H. The Balaban J connectivity index is 0.00000162. The second-order valence-electron chi connectivity index (χ2n) is 3.53. The molecule has 4 heteroatoms. The fourth-order valence-corrected chi connectivity index (χ4v) is 1.39. The predicted octanol–water partition coefficient (Wildman–Crippen LogP) is 5.03. The van der Waals surface area contributed by atoms with Crippen molar-refractivity contribution in [1.82, 2.24) is 0 Å². The topological polar surface area (TPSA) is 24.7 Å². The van der Waals surface area contributed by atoms with E-state index in [-0.39, 0.29) is 24.8 Å². The smallest absolute Gasteiger partial charge is 0.0625 e. The number of hydrogen-bond acceptors (Lipinski definition) is 2. The monoisotopic (exact) mass is 294 g/mol. The maximum Gasteiger partial charge on any atom is 0.0625 e. The highest BCUT2D eigenvalue weighted by molar-refractivity contribution is 5.85. The van der Waals surface area contributed by atoms with Crippen LogP contribution in [0.1, 0.15) is 6.42 Å². The first-order chi connectivity index (χ1) is 8.45. The molecule has 100 valence electrons. The zero-order valence-corrected chi connectivity index (χ0v) is 12.0. The molecule has 0 radical (unpaired) electrons. The third-order valence-electron chi connectivity index (χ3n) is 2.20. The lowest BCUT2D eigenvalue weighted by Gasteiger charge is -1.91. The number of hydrogen-bond donors (Lipinski definition) is 0. The molecule has 0 aliphatic carbocycles. The summed E-state index contributed by atoms with van der Waals surface area (Å²) in [6.07, 6.45) is 4.47. The molecule has 2 aromatic carbocycles. The minimum Gasteiger partial charge on any atom is -0.261 e. The fraction of sp³-hybridized carbons (Fsp3) is 0.0667. The van der Waals surface area contributed by atoms with Gasteiger partial charge in [-0.2, -0.15) is 0 Å². The van der Waals surface area contributed by atoms with Crippen molar-refractivity contribution >= 4 is 48.6 Å². The first-order valence-corrected chi connectivity index (χ1v) is 5.60. The average Bonchev–Trinajstić information content (AvgIpc) is 2.41. The molecular formula is C15H16Cl2N2. The van der Waals surface area contributed by atoms with Crippen LogP contribution in [-0.2, 0) is 0 Å². The molecule has 0 aliphatic heterocycles. The van der Waals surface area contributed by atoms with Gasteiger partial charge in [0.05, 0.1) is 11.4 Å². The molecule has 0 aliphatic rings. The summed E-state index contributed by atoms with van der Waals surface area (Å²) < 4.78 is 0. The van der Waals surface area contributed by atoms with E-state index in [1.54, 1.807) is 0 Å². The molecule has 0 amide bonds. The number of halogens is 2. The molecule has 19 heavy (non-hydrogen) atoms. The van der Waals surface area contributed by atoms with Crippen LogP contribution in [-0.4, -0.2) is 12.4 Å². The number of benzene rings is 2. The maximum atomic E-state index is 4.32. The Morgan fingerprint density at radius 3 is 1.37 bits per heavy atom. The van der Waals surface area contributed by atoms with Crippen molar-refractivity contribution in [3.8, 4) is 0 Å². The number of rotatable bonds is 4. The molecule has 2 aromatic rings. The summed E-state index contributed by atoms with van der Waals surface area (Å²) in [4.78, 5) is 8.64. The van der Waals surface area contributed by atoms with Crippen LogP contribution in [0.3, 0.4) is 0 Å². The minimum absolute atomic E-state index is 0. The van der Waals surface area contributed by atoms with Gasteiger partial charge in [0.25, 0.3) is 0 Å². The average molecular weight is 295 g/mol. The minimum atomic E-state index is 0. The number of nitrogens with zero attached hydrogens (tertiary/aromatic N) is 2. The molecule has 0 heterocycles. The molecule has 2 nitrogen and oxygen atoms in total. The molecule has 0 aromatic heterocycles. The van der Waals surface area contributed by atoms with Gasteiger partial charge in [-0.15, -0.1) is 24.8 Å². The first kappa shape index (κ1) is 17.4. The number of aliphatic imine (C=N–C) groups is 2. The van der Waals surface area contributed by atoms with Gasteiger partial charge < -0.3 is 0 Å². The number of para-hydroxylation sites is 2. The lowest BCUT2D eigenvalue weighted by molar-refractivity contribution is 1.48. The van der Waals surface area contributed by atoms with Crippen LogP contribution in [0.15, 0.2) is 70.6 Å². The first-order valence-electron chi connectivity index (χ1n) is 5.60. The summed E-state index contributed by atoms with van der Waals surface area (Å²) >= 11 is 0. The molecule has 0 fully saturated rings. The van der Waals surface area contributed by atoms with Crippen molar-refractivity contribution < 1.29 is 0 Å². The van der Waals surface area contributed by atoms with E-state index in [9.17, 15) is 0 Å². The summed E-state index contributed by atoms with van der Waals surface area (Å²) in [5.74, 6) is 0. The molecule has 0 N–H and O–H groups in total. The van der Waals surface area contributed by atoms with Crippen molar-refractivity contribution in [3.63, 3.8) is 0 Å². The molecule has 2 rings (SSSR count). The van der Waals surface area contributed by atoms with E-state index in [1.165, 1.54) is 0 Å².